The van der Waals surface area contributed by atoms with Gasteiger partial charge in [-0.3, -0.25) is 0 Å². The van der Waals surface area contributed by atoms with Gasteiger partial charge in [-0.15, -0.1) is 0 Å². The van der Waals surface area contributed by atoms with Gasteiger partial charge in [0.05, 0.1) is 0 Å². The van der Waals surface area contributed by atoms with E-state index in [2.05, 4.69) is 32.6 Å². The van der Waals surface area contributed by atoms with Gasteiger partial charge in [-0.1, -0.05) is 0 Å². The van der Waals surface area contributed by atoms with Gasteiger partial charge in [0, 0.05) is 0 Å². The number of hydrogen-bond acceptors (Lipinski definition) is 3. The average molecular weight is 473 g/mol. The molecule has 0 radical (unpaired) electrons. The number of rotatable bonds is 1. The van der Waals surface area contributed by atoms with E-state index in [4.69, 9.17) is 17.0 Å². The first kappa shape index (κ1) is 13.2. The fraction of sp³-hybridized carbons (Fsp3) is 0.889. The van der Waals surface area contributed by atoms with Crippen LogP contribution in [0.25, 0.3) is 0 Å². The monoisotopic (exact) mass is 475 g/mol. The number of thiocarbonyl (C=S) groups is 1. The van der Waals surface area contributed by atoms with E-state index < -0.39 is 12.9 Å². The summed E-state index contributed by atoms with van der Waals surface area (Å²) in [6, 6.07) is 0. The quantitative estimate of drug-likeness (QED) is 0.330. The summed E-state index contributed by atoms with van der Waals surface area (Å²) in [7, 11) is 2.07. The van der Waals surface area contributed by atoms with Crippen LogP contribution >= 0.6 is 39.9 Å². The minimum absolute atomic E-state index is 0.972. The van der Waals surface area contributed by atoms with E-state index in [1.54, 1.807) is 0 Å². The predicted octanol–water partition coefficient (Wildman–Crippen LogP) is 3.01. The molecule has 2 fully saturated rings. The van der Waals surface area contributed by atoms with E-state index in [9.17, 15) is 0 Å². The van der Waals surface area contributed by atoms with Gasteiger partial charge in [-0.2, -0.15) is 0 Å². The van der Waals surface area contributed by atoms with Crippen LogP contribution in [-0.2, 0) is 4.74 Å². The molecule has 2 heterocycles. The summed E-state index contributed by atoms with van der Waals surface area (Å²) in [6.45, 7) is 4.33. The molecular weight excluding hydrogens is 457 g/mol. The molecule has 0 saturated carbocycles. The summed E-state index contributed by atoms with van der Waals surface area (Å²) in [4.78, 5) is 2.40. The average Bonchev–Trinajstić information content (AvgIpc) is 2.70. The van der Waals surface area contributed by atoms with Crippen LogP contribution in [0, 0.1) is 0 Å². The predicted molar refractivity (Wildman–Crippen MR) is 81.2 cm³/mol. The molecule has 2 rings (SSSR count). The fourth-order valence-corrected chi connectivity index (χ4v) is 21.6. The molecule has 0 aromatic carbocycles. The van der Waals surface area contributed by atoms with E-state index in [1.807, 2.05) is 0 Å². The van der Waals surface area contributed by atoms with Gasteiger partial charge in [0.1, 0.15) is 0 Å². The van der Waals surface area contributed by atoms with E-state index in [0.29, 0.717) is 0 Å². The molecule has 0 amide bonds. The van der Waals surface area contributed by atoms with Crippen molar-refractivity contribution in [3.63, 3.8) is 0 Å². The van der Waals surface area contributed by atoms with E-state index >= 15 is 0 Å². The molecule has 2 nitrogen and oxygen atoms in total. The second-order valence-corrected chi connectivity index (χ2v) is 32.5. The van der Waals surface area contributed by atoms with Crippen molar-refractivity contribution in [3.8, 4) is 0 Å². The van der Waals surface area contributed by atoms with Crippen LogP contribution in [-0.4, -0.2) is 48.4 Å². The number of nitrogens with zero attached hydrogens (tertiary/aromatic N) is 1. The van der Waals surface area contributed by atoms with Crippen molar-refractivity contribution in [2.75, 3.05) is 26.3 Å². The molecule has 88 valence electrons. The van der Waals surface area contributed by atoms with E-state index in [0.717, 1.165) is 13.2 Å². The molecule has 0 aromatic rings. The van der Waals surface area contributed by atoms with Crippen LogP contribution < -0.4 is 0 Å². The third-order valence-electron chi connectivity index (χ3n) is 2.65. The number of hydrogen-bond donors (Lipinski definition) is 0. The Hall–Kier alpha value is 1.72. The summed E-state index contributed by atoms with van der Waals surface area (Å²) in [5.74, 6) is 0. The van der Waals surface area contributed by atoms with Crippen molar-refractivity contribution in [1.29, 1.82) is 0 Å². The Kier molecular flexibility index (Phi) is 5.31. The van der Waals surface area contributed by atoms with Crippen molar-refractivity contribution < 1.29 is 4.74 Å². The van der Waals surface area contributed by atoms with Crippen LogP contribution in [0.4, 0.5) is 0 Å². The summed E-state index contributed by atoms with van der Waals surface area (Å²) in [5, 5.41) is 0. The molecule has 15 heavy (non-hydrogen) atoms. The van der Waals surface area contributed by atoms with E-state index in [1.165, 1.54) is 39.2 Å². The molecule has 0 spiro atoms. The maximum absolute atomic E-state index is 5.56. The van der Waals surface area contributed by atoms with Gasteiger partial charge in [0.2, 0.25) is 0 Å². The molecule has 2 aliphatic rings. The Balaban J connectivity index is 1.86. The SMILES string of the molecule is S=C(S[Te]1(I)CCOCC1)N1CCCC1. The zero-order chi connectivity index (χ0) is 10.7. The first-order valence-corrected chi connectivity index (χ1v) is 19.3. The first-order valence-electron chi connectivity index (χ1n) is 5.24. The summed E-state index contributed by atoms with van der Waals surface area (Å²) >= 11 is 6.58. The van der Waals surface area contributed by atoms with Crippen LogP contribution in [0.3, 0.4) is 0 Å². The molecule has 0 aromatic heterocycles. The Morgan fingerprint density at radius 2 is 1.87 bits per heavy atom. The van der Waals surface area contributed by atoms with Crippen molar-refractivity contribution in [2.45, 2.75) is 21.8 Å². The molecule has 0 atom stereocenters. The standard InChI is InChI=1S/C9H16INOS2Te/c10-15(7-5-12-6-8-15)14-9(13)11-3-1-2-4-11/h1-8H2. The Morgan fingerprint density at radius 1 is 1.27 bits per heavy atom. The van der Waals surface area contributed by atoms with Crippen molar-refractivity contribution in [3.05, 3.63) is 0 Å². The van der Waals surface area contributed by atoms with Gasteiger partial charge < -0.3 is 0 Å². The Bertz CT molecular complexity index is 242. The first-order chi connectivity index (χ1) is 7.20. The van der Waals surface area contributed by atoms with Gasteiger partial charge >= 0.3 is 115 Å². The van der Waals surface area contributed by atoms with Crippen molar-refractivity contribution in [1.82, 2.24) is 4.90 Å². The summed E-state index contributed by atoms with van der Waals surface area (Å²) < 4.78 is 9.24. The van der Waals surface area contributed by atoms with Crippen molar-refractivity contribution >= 4 is 57.1 Å². The zero-order valence-electron chi connectivity index (χ0n) is 8.62. The molecule has 6 heteroatoms. The topological polar surface area (TPSA) is 12.5 Å². The second-order valence-electron chi connectivity index (χ2n) is 3.79. The number of likely N-dealkylation sites (tertiary alicyclic amines) is 1. The minimum atomic E-state index is -1.73. The normalized spacial score (nSPS) is 27.7. The van der Waals surface area contributed by atoms with Crippen LogP contribution in [0.1, 0.15) is 12.8 Å². The fourth-order valence-electron chi connectivity index (χ4n) is 1.73. The molecule has 0 N–H and O–H groups in total. The van der Waals surface area contributed by atoms with Gasteiger partial charge in [-0.05, 0) is 0 Å². The number of halogens is 1. The van der Waals surface area contributed by atoms with Crippen LogP contribution in [0.15, 0.2) is 0 Å². The molecule has 2 aliphatic heterocycles. The zero-order valence-corrected chi connectivity index (χ0v) is 14.7. The molecule has 0 unspecified atom stereocenters. The van der Waals surface area contributed by atoms with E-state index in [-0.39, 0.29) is 0 Å². The second kappa shape index (κ2) is 6.05. The molecule has 0 bridgehead atoms. The number of ether oxygens (including phenoxy) is 1. The van der Waals surface area contributed by atoms with Gasteiger partial charge in [0.15, 0.2) is 0 Å². The Morgan fingerprint density at radius 3 is 2.47 bits per heavy atom. The molecule has 0 aliphatic carbocycles. The summed E-state index contributed by atoms with van der Waals surface area (Å²) in [5.41, 5.74) is 0. The molecular formula is C9H16INOS2Te. The molecule has 2 saturated heterocycles. The van der Waals surface area contributed by atoms with Gasteiger partial charge in [0.25, 0.3) is 0 Å². The Labute approximate surface area is 113 Å². The van der Waals surface area contributed by atoms with Crippen LogP contribution in [0.2, 0.25) is 8.94 Å². The third-order valence-corrected chi connectivity index (χ3v) is 24.9. The summed E-state index contributed by atoms with van der Waals surface area (Å²) in [6.07, 6.45) is 2.65. The maximum atomic E-state index is 5.56. The van der Waals surface area contributed by atoms with Crippen LogP contribution in [0.5, 0.6) is 0 Å². The van der Waals surface area contributed by atoms with Crippen molar-refractivity contribution in [2.24, 2.45) is 0 Å². The van der Waals surface area contributed by atoms with Gasteiger partial charge in [-0.25, -0.2) is 0 Å². The third kappa shape index (κ3) is 3.85.